The van der Waals surface area contributed by atoms with Crippen molar-refractivity contribution in [3.63, 3.8) is 0 Å². The van der Waals surface area contributed by atoms with E-state index in [1.165, 1.54) is 60.7 Å². The van der Waals surface area contributed by atoms with Crippen LogP contribution < -0.4 is 5.32 Å². The van der Waals surface area contributed by atoms with Gasteiger partial charge in [0.05, 0.1) is 22.6 Å². The van der Waals surface area contributed by atoms with Crippen molar-refractivity contribution >= 4 is 28.3 Å². The second kappa shape index (κ2) is 8.36. The number of aromatic nitrogens is 2. The summed E-state index contributed by atoms with van der Waals surface area (Å²) < 4.78 is 41.9. The SMILES string of the molecule is O=C(Nc1ccc(-n2c(C(F)(F)F)nc3cc(CO)ccc32)cc1)c1cccc([N+](=O)[O-])c1. The van der Waals surface area contributed by atoms with Crippen LogP contribution in [0.4, 0.5) is 24.5 Å². The van der Waals surface area contributed by atoms with Gasteiger partial charge in [-0.1, -0.05) is 12.1 Å². The number of benzene rings is 3. The molecule has 0 saturated carbocycles. The van der Waals surface area contributed by atoms with Crippen LogP contribution in [0.5, 0.6) is 0 Å². The van der Waals surface area contributed by atoms with E-state index in [0.717, 1.165) is 10.6 Å². The molecule has 0 bridgehead atoms. The zero-order valence-electron chi connectivity index (χ0n) is 16.7. The van der Waals surface area contributed by atoms with Crippen molar-refractivity contribution in [1.29, 1.82) is 0 Å². The number of nitro benzene ring substituents is 1. The summed E-state index contributed by atoms with van der Waals surface area (Å²) in [5, 5.41) is 22.7. The van der Waals surface area contributed by atoms with Crippen molar-refractivity contribution in [1.82, 2.24) is 9.55 Å². The molecule has 8 nitrogen and oxygen atoms in total. The minimum absolute atomic E-state index is 0.0629. The van der Waals surface area contributed by atoms with Crippen molar-refractivity contribution in [2.45, 2.75) is 12.8 Å². The summed E-state index contributed by atoms with van der Waals surface area (Å²) >= 11 is 0. The van der Waals surface area contributed by atoms with E-state index >= 15 is 0 Å². The van der Waals surface area contributed by atoms with Crippen LogP contribution in [0.15, 0.2) is 66.7 Å². The van der Waals surface area contributed by atoms with Crippen LogP contribution in [0.1, 0.15) is 21.7 Å². The van der Waals surface area contributed by atoms with Crippen molar-refractivity contribution in [3.8, 4) is 5.69 Å². The van der Waals surface area contributed by atoms with Crippen molar-refractivity contribution in [2.24, 2.45) is 0 Å². The van der Waals surface area contributed by atoms with Crippen molar-refractivity contribution in [3.05, 3.63) is 93.8 Å². The van der Waals surface area contributed by atoms with Crippen LogP contribution in [-0.2, 0) is 12.8 Å². The van der Waals surface area contributed by atoms with Crippen LogP contribution in [-0.4, -0.2) is 25.5 Å². The van der Waals surface area contributed by atoms with Gasteiger partial charge in [0.25, 0.3) is 11.6 Å². The number of alkyl halides is 3. The number of anilines is 1. The summed E-state index contributed by atoms with van der Waals surface area (Å²) in [5.74, 6) is -1.73. The average Bonchev–Trinajstić information content (AvgIpc) is 3.19. The number of aliphatic hydroxyl groups is 1. The number of nitrogens with zero attached hydrogens (tertiary/aromatic N) is 3. The molecular weight excluding hydrogens is 441 g/mol. The maximum Gasteiger partial charge on any atom is 0.450 e. The zero-order chi connectivity index (χ0) is 23.8. The summed E-state index contributed by atoms with van der Waals surface area (Å²) in [4.78, 5) is 26.4. The highest BCUT2D eigenvalue weighted by Crippen LogP contribution is 2.34. The monoisotopic (exact) mass is 456 g/mol. The third-order valence-electron chi connectivity index (χ3n) is 4.86. The first-order valence-electron chi connectivity index (χ1n) is 9.53. The summed E-state index contributed by atoms with van der Waals surface area (Å²) in [6, 6.07) is 15.1. The van der Waals surface area contributed by atoms with Gasteiger partial charge in [0, 0.05) is 29.1 Å². The number of carbonyl (C=O) groups excluding carboxylic acids is 1. The highest BCUT2D eigenvalue weighted by atomic mass is 19.4. The Kier molecular flexibility index (Phi) is 5.56. The predicted molar refractivity (Wildman–Crippen MR) is 113 cm³/mol. The van der Waals surface area contributed by atoms with Crippen LogP contribution in [0.25, 0.3) is 16.7 Å². The summed E-state index contributed by atoms with van der Waals surface area (Å²) in [7, 11) is 0. The number of fused-ring (bicyclic) bond motifs is 1. The van der Waals surface area contributed by atoms with E-state index in [9.17, 15) is 33.2 Å². The molecule has 11 heteroatoms. The first-order valence-corrected chi connectivity index (χ1v) is 9.53. The van der Waals surface area contributed by atoms with E-state index in [-0.39, 0.29) is 40.3 Å². The molecule has 0 atom stereocenters. The lowest BCUT2D eigenvalue weighted by molar-refractivity contribution is -0.384. The Morgan fingerprint density at radius 1 is 1.09 bits per heavy atom. The second-order valence-corrected chi connectivity index (χ2v) is 7.06. The number of aliphatic hydroxyl groups excluding tert-OH is 1. The topological polar surface area (TPSA) is 110 Å². The van der Waals surface area contributed by atoms with Crippen LogP contribution in [0, 0.1) is 10.1 Å². The maximum absolute atomic E-state index is 13.6. The van der Waals surface area contributed by atoms with Gasteiger partial charge in [-0.2, -0.15) is 13.2 Å². The number of nitrogens with one attached hydrogen (secondary N) is 1. The zero-order valence-corrected chi connectivity index (χ0v) is 16.7. The van der Waals surface area contributed by atoms with Gasteiger partial charge in [-0.25, -0.2) is 4.98 Å². The minimum atomic E-state index is -4.73. The molecule has 2 N–H and O–H groups in total. The molecule has 4 aromatic rings. The Morgan fingerprint density at radius 3 is 2.45 bits per heavy atom. The lowest BCUT2D eigenvalue weighted by atomic mass is 10.2. The molecule has 3 aromatic carbocycles. The third kappa shape index (κ3) is 4.39. The molecule has 0 aliphatic heterocycles. The van der Waals surface area contributed by atoms with Gasteiger partial charge in [0.15, 0.2) is 0 Å². The summed E-state index contributed by atoms with van der Waals surface area (Å²) in [6.45, 7) is -0.330. The molecule has 33 heavy (non-hydrogen) atoms. The number of rotatable bonds is 5. The van der Waals surface area contributed by atoms with E-state index in [0.29, 0.717) is 5.56 Å². The van der Waals surface area contributed by atoms with Crippen LogP contribution >= 0.6 is 0 Å². The van der Waals surface area contributed by atoms with E-state index < -0.39 is 22.8 Å². The Balaban J connectivity index is 1.66. The number of hydrogen-bond acceptors (Lipinski definition) is 5. The van der Waals surface area contributed by atoms with Gasteiger partial charge in [-0.3, -0.25) is 19.5 Å². The number of imidazole rings is 1. The lowest BCUT2D eigenvalue weighted by Gasteiger charge is -2.12. The van der Waals surface area contributed by atoms with E-state index in [1.54, 1.807) is 0 Å². The molecule has 0 aliphatic rings. The Bertz CT molecular complexity index is 1360. The molecule has 0 unspecified atom stereocenters. The van der Waals surface area contributed by atoms with E-state index in [4.69, 9.17) is 0 Å². The van der Waals surface area contributed by atoms with Gasteiger partial charge >= 0.3 is 6.18 Å². The van der Waals surface area contributed by atoms with Gasteiger partial charge < -0.3 is 10.4 Å². The number of non-ortho nitro benzene ring substituents is 1. The third-order valence-corrected chi connectivity index (χ3v) is 4.86. The molecule has 1 amide bonds. The number of halogens is 3. The maximum atomic E-state index is 13.6. The quantitative estimate of drug-likeness (QED) is 0.334. The van der Waals surface area contributed by atoms with E-state index in [2.05, 4.69) is 10.3 Å². The van der Waals surface area contributed by atoms with Crippen molar-refractivity contribution < 1.29 is 28.0 Å². The smallest absolute Gasteiger partial charge is 0.392 e. The highest BCUT2D eigenvalue weighted by molar-refractivity contribution is 6.04. The van der Waals surface area contributed by atoms with Crippen LogP contribution in [0.3, 0.4) is 0 Å². The first-order chi connectivity index (χ1) is 15.7. The summed E-state index contributed by atoms with van der Waals surface area (Å²) in [6.07, 6.45) is -4.73. The molecule has 168 valence electrons. The average molecular weight is 456 g/mol. The van der Waals surface area contributed by atoms with Gasteiger partial charge in [-0.15, -0.1) is 0 Å². The molecule has 1 heterocycles. The fourth-order valence-corrected chi connectivity index (χ4v) is 3.33. The van der Waals surface area contributed by atoms with Gasteiger partial charge in [0.1, 0.15) is 0 Å². The normalized spacial score (nSPS) is 11.5. The number of hydrogen-bond donors (Lipinski definition) is 2. The fraction of sp³-hybridized carbons (Fsp3) is 0.0909. The summed E-state index contributed by atoms with van der Waals surface area (Å²) in [5.41, 5.74) is 0.984. The molecule has 0 radical (unpaired) electrons. The highest BCUT2D eigenvalue weighted by Gasteiger charge is 2.38. The second-order valence-electron chi connectivity index (χ2n) is 7.06. The molecule has 0 saturated heterocycles. The lowest BCUT2D eigenvalue weighted by Crippen LogP contribution is -2.14. The van der Waals surface area contributed by atoms with Crippen LogP contribution in [0.2, 0.25) is 0 Å². The Hall–Kier alpha value is -4.25. The first kappa shape index (κ1) is 22.0. The van der Waals surface area contributed by atoms with Crippen molar-refractivity contribution in [2.75, 3.05) is 5.32 Å². The van der Waals surface area contributed by atoms with Gasteiger partial charge in [-0.05, 0) is 48.0 Å². The molecule has 0 spiro atoms. The largest absolute Gasteiger partial charge is 0.450 e. The standard InChI is InChI=1S/C22H15F3N4O4/c23-22(24,25)21-27-18-10-13(12-30)4-9-19(18)28(21)16-7-5-15(6-8-16)26-20(31)14-2-1-3-17(11-14)29(32)33/h1-11,30H,12H2,(H,26,31). The molecule has 0 aliphatic carbocycles. The Morgan fingerprint density at radius 2 is 1.82 bits per heavy atom. The number of nitro groups is 1. The predicted octanol–water partition coefficient (Wildman–Crippen LogP) is 4.70. The molecule has 4 rings (SSSR count). The number of amides is 1. The molecule has 0 fully saturated rings. The molecular formula is C22H15F3N4O4. The number of carbonyl (C=O) groups is 1. The Labute approximate surface area is 184 Å². The minimum Gasteiger partial charge on any atom is -0.392 e. The fourth-order valence-electron chi connectivity index (χ4n) is 3.33. The molecule has 1 aromatic heterocycles. The van der Waals surface area contributed by atoms with Gasteiger partial charge in [0.2, 0.25) is 5.82 Å². The van der Waals surface area contributed by atoms with E-state index in [1.807, 2.05) is 0 Å².